The van der Waals surface area contributed by atoms with E-state index >= 15 is 0 Å². The van der Waals surface area contributed by atoms with Crippen LogP contribution in [0.2, 0.25) is 0 Å². The van der Waals surface area contributed by atoms with Crippen molar-refractivity contribution >= 4 is 33.8 Å². The number of benzene rings is 2. The molecule has 1 aliphatic heterocycles. The lowest BCUT2D eigenvalue weighted by atomic mass is 10.2. The maximum Gasteiger partial charge on any atom is 0.267 e. The second kappa shape index (κ2) is 7.28. The lowest BCUT2D eigenvalue weighted by Gasteiger charge is -2.18. The van der Waals surface area contributed by atoms with Crippen molar-refractivity contribution < 1.29 is 14.3 Å². The number of nitrogens with zero attached hydrogens (tertiary/aromatic N) is 2. The van der Waals surface area contributed by atoms with Gasteiger partial charge in [-0.3, -0.25) is 4.79 Å². The van der Waals surface area contributed by atoms with Gasteiger partial charge in [0.05, 0.1) is 5.69 Å². The molecule has 0 radical (unpaired) electrons. The summed E-state index contributed by atoms with van der Waals surface area (Å²) in [6, 6.07) is 15.3. The Hall–Kier alpha value is -3.06. The monoisotopic (exact) mass is 381 g/mol. The minimum absolute atomic E-state index is 0.186. The normalized spacial score (nSPS) is 12.5. The Kier molecular flexibility index (Phi) is 4.68. The van der Waals surface area contributed by atoms with E-state index in [9.17, 15) is 4.79 Å². The van der Waals surface area contributed by atoms with E-state index < -0.39 is 0 Å². The first-order valence-electron chi connectivity index (χ1n) is 8.59. The summed E-state index contributed by atoms with van der Waals surface area (Å²) in [4.78, 5) is 19.9. The van der Waals surface area contributed by atoms with Gasteiger partial charge in [-0.05, 0) is 31.2 Å². The van der Waals surface area contributed by atoms with Crippen LogP contribution in [0, 0.1) is 6.92 Å². The fourth-order valence-corrected chi connectivity index (χ4v) is 3.75. The summed E-state index contributed by atoms with van der Waals surface area (Å²) in [7, 11) is 1.94. The van der Waals surface area contributed by atoms with E-state index in [0.29, 0.717) is 41.0 Å². The van der Waals surface area contributed by atoms with E-state index in [2.05, 4.69) is 10.3 Å². The van der Waals surface area contributed by atoms with Gasteiger partial charge in [0.15, 0.2) is 16.6 Å². The summed E-state index contributed by atoms with van der Waals surface area (Å²) in [5.41, 5.74) is 2.38. The fourth-order valence-electron chi connectivity index (χ4n) is 2.81. The van der Waals surface area contributed by atoms with Gasteiger partial charge in [0.25, 0.3) is 5.91 Å². The van der Waals surface area contributed by atoms with Crippen LogP contribution in [-0.2, 0) is 0 Å². The number of hydrogen-bond acceptors (Lipinski definition) is 6. The van der Waals surface area contributed by atoms with Gasteiger partial charge in [-0.2, -0.15) is 0 Å². The molecule has 7 heteroatoms. The molecule has 2 aromatic carbocycles. The molecule has 0 saturated carbocycles. The molecule has 3 aromatic rings. The molecule has 0 atom stereocenters. The van der Waals surface area contributed by atoms with Gasteiger partial charge in [-0.25, -0.2) is 4.98 Å². The maximum atomic E-state index is 12.7. The molecular formula is C20H19N3O3S. The summed E-state index contributed by atoms with van der Waals surface area (Å²) in [6.45, 7) is 2.89. The molecule has 1 amide bonds. The number of hydrogen-bond donors (Lipinski definition) is 1. The van der Waals surface area contributed by atoms with Crippen molar-refractivity contribution in [3.05, 3.63) is 59.1 Å². The zero-order valence-electron chi connectivity index (χ0n) is 15.1. The summed E-state index contributed by atoms with van der Waals surface area (Å²) in [5.74, 6) is 1.15. The van der Waals surface area contributed by atoms with Crippen molar-refractivity contribution in [2.45, 2.75) is 6.92 Å². The number of carbonyl (C=O) groups excluding carboxylic acids is 1. The second-order valence-corrected chi connectivity index (χ2v) is 7.10. The number of thiazole rings is 1. The molecule has 0 saturated heterocycles. The molecule has 2 heterocycles. The lowest BCUT2D eigenvalue weighted by Crippen LogP contribution is -2.16. The predicted octanol–water partition coefficient (Wildman–Crippen LogP) is 4.24. The Balaban J connectivity index is 1.53. The Morgan fingerprint density at radius 1 is 1.11 bits per heavy atom. The van der Waals surface area contributed by atoms with Crippen LogP contribution in [0.5, 0.6) is 11.5 Å². The Morgan fingerprint density at radius 3 is 2.63 bits per heavy atom. The fraction of sp³-hybridized carbons (Fsp3) is 0.200. The number of amides is 1. The van der Waals surface area contributed by atoms with Crippen LogP contribution in [0.1, 0.15) is 15.4 Å². The van der Waals surface area contributed by atoms with Crippen LogP contribution >= 0.6 is 11.3 Å². The first-order valence-corrected chi connectivity index (χ1v) is 9.40. The minimum Gasteiger partial charge on any atom is -0.486 e. The highest BCUT2D eigenvalue weighted by atomic mass is 32.1. The van der Waals surface area contributed by atoms with Gasteiger partial charge in [0, 0.05) is 24.5 Å². The molecule has 1 N–H and O–H groups in total. The predicted molar refractivity (Wildman–Crippen MR) is 107 cm³/mol. The van der Waals surface area contributed by atoms with Gasteiger partial charge in [-0.1, -0.05) is 29.5 Å². The van der Waals surface area contributed by atoms with Gasteiger partial charge in [0.1, 0.15) is 18.1 Å². The quantitative estimate of drug-likeness (QED) is 0.732. The standard InChI is InChI=1S/C20H19N3O3S/c1-13-18(27-20(21-13)23(2)15-6-4-3-5-7-15)19(24)22-14-8-9-16-17(12-14)26-11-10-25-16/h3-9,12H,10-11H2,1-2H3,(H,22,24). The number of ether oxygens (including phenoxy) is 2. The number of aromatic nitrogens is 1. The molecule has 1 aliphatic rings. The maximum absolute atomic E-state index is 12.7. The van der Waals surface area contributed by atoms with Gasteiger partial charge in [0.2, 0.25) is 0 Å². The van der Waals surface area contributed by atoms with E-state index in [1.54, 1.807) is 18.2 Å². The lowest BCUT2D eigenvalue weighted by molar-refractivity contribution is 0.102. The molecule has 6 nitrogen and oxygen atoms in total. The van der Waals surface area contributed by atoms with E-state index in [1.165, 1.54) is 11.3 Å². The van der Waals surface area contributed by atoms with E-state index in [0.717, 1.165) is 10.8 Å². The minimum atomic E-state index is -0.186. The second-order valence-electron chi connectivity index (χ2n) is 6.12. The Labute approximate surface area is 161 Å². The average Bonchev–Trinajstić information content (AvgIpc) is 3.10. The van der Waals surface area contributed by atoms with Gasteiger partial charge in [-0.15, -0.1) is 0 Å². The van der Waals surface area contributed by atoms with Crippen molar-refractivity contribution in [3.63, 3.8) is 0 Å². The third kappa shape index (κ3) is 3.59. The molecule has 0 spiro atoms. The van der Waals surface area contributed by atoms with Gasteiger partial charge < -0.3 is 19.7 Å². The van der Waals surface area contributed by atoms with Crippen LogP contribution in [0.25, 0.3) is 0 Å². The van der Waals surface area contributed by atoms with Crippen molar-refractivity contribution in [3.8, 4) is 11.5 Å². The number of fused-ring (bicyclic) bond motifs is 1. The Morgan fingerprint density at radius 2 is 1.85 bits per heavy atom. The molecule has 1 aromatic heterocycles. The van der Waals surface area contributed by atoms with E-state index in [1.807, 2.05) is 49.2 Å². The molecule has 0 aliphatic carbocycles. The number of nitrogens with one attached hydrogen (secondary N) is 1. The highest BCUT2D eigenvalue weighted by molar-refractivity contribution is 7.17. The molecular weight excluding hydrogens is 362 g/mol. The number of para-hydroxylation sites is 1. The summed E-state index contributed by atoms with van der Waals surface area (Å²) < 4.78 is 11.1. The Bertz CT molecular complexity index is 972. The molecule has 0 unspecified atom stereocenters. The molecule has 138 valence electrons. The zero-order chi connectivity index (χ0) is 18.8. The number of carbonyl (C=O) groups is 1. The smallest absolute Gasteiger partial charge is 0.267 e. The summed E-state index contributed by atoms with van der Waals surface area (Å²) in [6.07, 6.45) is 0. The van der Waals surface area contributed by atoms with Crippen molar-refractivity contribution in [2.75, 3.05) is 30.5 Å². The van der Waals surface area contributed by atoms with Crippen molar-refractivity contribution in [1.29, 1.82) is 0 Å². The molecule has 27 heavy (non-hydrogen) atoms. The highest BCUT2D eigenvalue weighted by Gasteiger charge is 2.19. The van der Waals surface area contributed by atoms with Crippen LogP contribution in [0.15, 0.2) is 48.5 Å². The van der Waals surface area contributed by atoms with E-state index in [-0.39, 0.29) is 5.91 Å². The first-order chi connectivity index (χ1) is 13.1. The number of anilines is 3. The average molecular weight is 381 g/mol. The van der Waals surface area contributed by atoms with Crippen LogP contribution in [0.3, 0.4) is 0 Å². The molecule has 0 bridgehead atoms. The third-order valence-electron chi connectivity index (χ3n) is 4.22. The molecule has 0 fully saturated rings. The van der Waals surface area contributed by atoms with Crippen molar-refractivity contribution in [1.82, 2.24) is 4.98 Å². The number of aryl methyl sites for hydroxylation is 1. The third-order valence-corrected chi connectivity index (χ3v) is 5.45. The number of rotatable bonds is 4. The largest absolute Gasteiger partial charge is 0.486 e. The zero-order valence-corrected chi connectivity index (χ0v) is 15.9. The van der Waals surface area contributed by atoms with Crippen molar-refractivity contribution in [2.24, 2.45) is 0 Å². The van der Waals surface area contributed by atoms with Crippen LogP contribution in [0.4, 0.5) is 16.5 Å². The van der Waals surface area contributed by atoms with Crippen LogP contribution in [-0.4, -0.2) is 31.2 Å². The first kappa shape index (κ1) is 17.4. The van der Waals surface area contributed by atoms with Gasteiger partial charge >= 0.3 is 0 Å². The van der Waals surface area contributed by atoms with Crippen LogP contribution < -0.4 is 19.7 Å². The van der Waals surface area contributed by atoms with E-state index in [4.69, 9.17) is 9.47 Å². The molecule has 4 rings (SSSR count). The summed E-state index contributed by atoms with van der Waals surface area (Å²) in [5, 5.41) is 3.69. The highest BCUT2D eigenvalue weighted by Crippen LogP contribution is 2.34. The summed E-state index contributed by atoms with van der Waals surface area (Å²) >= 11 is 1.37. The SMILES string of the molecule is Cc1nc(N(C)c2ccccc2)sc1C(=O)Nc1ccc2c(c1)OCCO2. The topological polar surface area (TPSA) is 63.7 Å².